The molecule has 0 aromatic rings. The second kappa shape index (κ2) is 6.20. The molecule has 5 N–H and O–H groups in total. The molecular formula is C10H19N3O5S. The summed E-state index contributed by atoms with van der Waals surface area (Å²) in [6.07, 6.45) is 3.19. The van der Waals surface area contributed by atoms with Gasteiger partial charge in [0, 0.05) is 6.54 Å². The number of rotatable bonds is 5. The number of amides is 2. The minimum absolute atomic E-state index is 0.152. The van der Waals surface area contributed by atoms with E-state index in [-0.39, 0.29) is 12.3 Å². The van der Waals surface area contributed by atoms with Crippen LogP contribution in [0, 0.1) is 0 Å². The number of nitrogens with two attached hydrogens (primary N) is 1. The Labute approximate surface area is 111 Å². The number of aliphatic carboxylic acids is 1. The van der Waals surface area contributed by atoms with E-state index < -0.39 is 27.6 Å². The van der Waals surface area contributed by atoms with E-state index in [1.54, 1.807) is 0 Å². The Kier molecular flexibility index (Phi) is 5.12. The lowest BCUT2D eigenvalue weighted by Gasteiger charge is -2.33. The highest BCUT2D eigenvalue weighted by Crippen LogP contribution is 2.28. The largest absolute Gasteiger partial charge is 0.480 e. The highest BCUT2D eigenvalue weighted by molar-refractivity contribution is 7.89. The predicted molar refractivity (Wildman–Crippen MR) is 68.0 cm³/mol. The van der Waals surface area contributed by atoms with Crippen molar-refractivity contribution in [3.8, 4) is 0 Å². The molecule has 0 atom stereocenters. The van der Waals surface area contributed by atoms with Gasteiger partial charge < -0.3 is 15.7 Å². The van der Waals surface area contributed by atoms with Gasteiger partial charge in [0.1, 0.15) is 5.54 Å². The first kappa shape index (κ1) is 15.7. The SMILES string of the molecule is NS(=O)(=O)CCNC(=O)NC1(C(=O)O)CCCCC1. The van der Waals surface area contributed by atoms with Crippen molar-refractivity contribution in [3.05, 3.63) is 0 Å². The third-order valence-electron chi connectivity index (χ3n) is 3.14. The lowest BCUT2D eigenvalue weighted by atomic mass is 9.82. The summed E-state index contributed by atoms with van der Waals surface area (Å²) in [7, 11) is -3.64. The van der Waals surface area contributed by atoms with Crippen LogP contribution in [0.15, 0.2) is 0 Å². The number of carboxylic acids is 1. The minimum atomic E-state index is -3.64. The van der Waals surface area contributed by atoms with E-state index in [0.717, 1.165) is 19.3 Å². The van der Waals surface area contributed by atoms with Crippen LogP contribution in [0.4, 0.5) is 4.79 Å². The molecule has 1 aliphatic carbocycles. The zero-order valence-corrected chi connectivity index (χ0v) is 11.3. The lowest BCUT2D eigenvalue weighted by Crippen LogP contribution is -2.58. The number of primary sulfonamides is 1. The summed E-state index contributed by atoms with van der Waals surface area (Å²) in [6.45, 7) is -0.152. The Morgan fingerprint density at radius 1 is 1.21 bits per heavy atom. The first-order valence-electron chi connectivity index (χ1n) is 6.05. The van der Waals surface area contributed by atoms with E-state index >= 15 is 0 Å². The van der Waals surface area contributed by atoms with Crippen molar-refractivity contribution in [1.82, 2.24) is 10.6 Å². The number of carbonyl (C=O) groups is 2. The van der Waals surface area contributed by atoms with E-state index in [9.17, 15) is 23.1 Å². The van der Waals surface area contributed by atoms with Crippen LogP contribution in [-0.2, 0) is 14.8 Å². The molecular weight excluding hydrogens is 274 g/mol. The molecule has 0 aliphatic heterocycles. The quantitative estimate of drug-likeness (QED) is 0.534. The second-order valence-electron chi connectivity index (χ2n) is 4.70. The molecule has 0 radical (unpaired) electrons. The second-order valence-corrected chi connectivity index (χ2v) is 6.43. The first-order valence-corrected chi connectivity index (χ1v) is 7.77. The average Bonchev–Trinajstić information content (AvgIpc) is 2.28. The van der Waals surface area contributed by atoms with Crippen LogP contribution < -0.4 is 15.8 Å². The van der Waals surface area contributed by atoms with Gasteiger partial charge in [0.2, 0.25) is 10.0 Å². The number of hydrogen-bond acceptors (Lipinski definition) is 4. The van der Waals surface area contributed by atoms with Gasteiger partial charge in [-0.3, -0.25) is 0 Å². The topological polar surface area (TPSA) is 139 Å². The maximum atomic E-state index is 11.6. The Bertz CT molecular complexity index is 442. The monoisotopic (exact) mass is 293 g/mol. The van der Waals surface area contributed by atoms with Crippen molar-refractivity contribution in [2.24, 2.45) is 5.14 Å². The van der Waals surface area contributed by atoms with Crippen molar-refractivity contribution in [3.63, 3.8) is 0 Å². The van der Waals surface area contributed by atoms with Crippen molar-refractivity contribution in [2.45, 2.75) is 37.6 Å². The van der Waals surface area contributed by atoms with E-state index in [4.69, 9.17) is 5.14 Å². The summed E-state index contributed by atoms with van der Waals surface area (Å²) in [5, 5.41) is 18.7. The smallest absolute Gasteiger partial charge is 0.329 e. The number of nitrogens with one attached hydrogen (secondary N) is 2. The highest BCUT2D eigenvalue weighted by Gasteiger charge is 2.40. The molecule has 0 bridgehead atoms. The predicted octanol–water partition coefficient (Wildman–Crippen LogP) is -0.638. The van der Waals surface area contributed by atoms with Gasteiger partial charge in [-0.15, -0.1) is 0 Å². The molecule has 0 spiro atoms. The van der Waals surface area contributed by atoms with Crippen LogP contribution in [0.5, 0.6) is 0 Å². The van der Waals surface area contributed by atoms with Gasteiger partial charge >= 0.3 is 12.0 Å². The standard InChI is InChI=1S/C10H19N3O5S/c11-19(17,18)7-6-12-9(16)13-10(8(14)15)4-2-1-3-5-10/h1-7H2,(H,14,15)(H2,11,17,18)(H2,12,13,16). The first-order chi connectivity index (χ1) is 8.75. The number of carbonyl (C=O) groups excluding carboxylic acids is 1. The number of hydrogen-bond donors (Lipinski definition) is 4. The summed E-state index contributed by atoms with van der Waals surface area (Å²) in [4.78, 5) is 22.9. The van der Waals surface area contributed by atoms with Crippen LogP contribution in [0.1, 0.15) is 32.1 Å². The fourth-order valence-corrected chi connectivity index (χ4v) is 2.50. The zero-order valence-electron chi connectivity index (χ0n) is 10.5. The summed E-state index contributed by atoms with van der Waals surface area (Å²) < 4.78 is 21.4. The van der Waals surface area contributed by atoms with Gasteiger partial charge in [-0.1, -0.05) is 19.3 Å². The Morgan fingerprint density at radius 3 is 2.26 bits per heavy atom. The van der Waals surface area contributed by atoms with Crippen LogP contribution in [-0.4, -0.2) is 43.4 Å². The molecule has 0 unspecified atom stereocenters. The Hall–Kier alpha value is -1.35. The molecule has 1 rings (SSSR count). The molecule has 1 fully saturated rings. The van der Waals surface area contributed by atoms with E-state index in [1.165, 1.54) is 0 Å². The minimum Gasteiger partial charge on any atom is -0.480 e. The third-order valence-corrected chi connectivity index (χ3v) is 3.91. The third kappa shape index (κ3) is 5.03. The molecule has 0 heterocycles. The van der Waals surface area contributed by atoms with Gasteiger partial charge in [-0.2, -0.15) is 0 Å². The molecule has 0 aromatic heterocycles. The number of carboxylic acid groups (broad SMARTS) is 1. The number of urea groups is 1. The average molecular weight is 293 g/mol. The molecule has 8 nitrogen and oxygen atoms in total. The number of sulfonamides is 1. The van der Waals surface area contributed by atoms with Crippen LogP contribution in [0.25, 0.3) is 0 Å². The molecule has 1 saturated carbocycles. The molecule has 0 saturated heterocycles. The van der Waals surface area contributed by atoms with E-state index in [1.807, 2.05) is 0 Å². The highest BCUT2D eigenvalue weighted by atomic mass is 32.2. The van der Waals surface area contributed by atoms with Crippen LogP contribution in [0.2, 0.25) is 0 Å². The molecule has 1 aliphatic rings. The molecule has 9 heteroatoms. The summed E-state index contributed by atoms with van der Waals surface area (Å²) >= 11 is 0. The van der Waals surface area contributed by atoms with Gasteiger partial charge in [0.15, 0.2) is 0 Å². The maximum Gasteiger partial charge on any atom is 0.329 e. The maximum absolute atomic E-state index is 11.6. The van der Waals surface area contributed by atoms with Crippen molar-refractivity contribution >= 4 is 22.0 Å². The van der Waals surface area contributed by atoms with Gasteiger partial charge in [-0.25, -0.2) is 23.1 Å². The van der Waals surface area contributed by atoms with Crippen molar-refractivity contribution in [1.29, 1.82) is 0 Å². The summed E-state index contributed by atoms with van der Waals surface area (Å²) in [5.74, 6) is -1.45. The van der Waals surface area contributed by atoms with Crippen molar-refractivity contribution in [2.75, 3.05) is 12.3 Å². The van der Waals surface area contributed by atoms with Crippen molar-refractivity contribution < 1.29 is 23.1 Å². The summed E-state index contributed by atoms with van der Waals surface area (Å²) in [5.41, 5.74) is -1.25. The lowest BCUT2D eigenvalue weighted by molar-refractivity contribution is -0.145. The Morgan fingerprint density at radius 2 is 1.79 bits per heavy atom. The van der Waals surface area contributed by atoms with Crippen LogP contribution >= 0.6 is 0 Å². The van der Waals surface area contributed by atoms with E-state index in [0.29, 0.717) is 12.8 Å². The molecule has 0 aromatic carbocycles. The van der Waals surface area contributed by atoms with Gasteiger partial charge in [0.25, 0.3) is 0 Å². The fourth-order valence-electron chi connectivity index (χ4n) is 2.12. The zero-order chi connectivity index (χ0) is 14.5. The molecule has 19 heavy (non-hydrogen) atoms. The van der Waals surface area contributed by atoms with E-state index in [2.05, 4.69) is 10.6 Å². The molecule has 110 valence electrons. The van der Waals surface area contributed by atoms with Gasteiger partial charge in [-0.05, 0) is 12.8 Å². The summed E-state index contributed by atoms with van der Waals surface area (Å²) in [6, 6.07) is -0.687. The molecule has 2 amide bonds. The van der Waals surface area contributed by atoms with Crippen LogP contribution in [0.3, 0.4) is 0 Å². The Balaban J connectivity index is 2.51. The normalized spacial score (nSPS) is 18.6. The fraction of sp³-hybridized carbons (Fsp3) is 0.800. The van der Waals surface area contributed by atoms with Gasteiger partial charge in [0.05, 0.1) is 5.75 Å².